The highest BCUT2D eigenvalue weighted by Crippen LogP contribution is 2.28. The van der Waals surface area contributed by atoms with Crippen LogP contribution in [0, 0.1) is 6.92 Å². The summed E-state index contributed by atoms with van der Waals surface area (Å²) < 4.78 is 11.0. The molecule has 1 heterocycles. The summed E-state index contributed by atoms with van der Waals surface area (Å²) in [6, 6.07) is 14.1. The van der Waals surface area contributed by atoms with Gasteiger partial charge in [-0.3, -0.25) is 14.8 Å². The maximum Gasteiger partial charge on any atom is 0.336 e. The summed E-state index contributed by atoms with van der Waals surface area (Å²) in [5.74, 6) is 0.458. The van der Waals surface area contributed by atoms with Crippen LogP contribution in [-0.4, -0.2) is 15.9 Å². The molecule has 0 saturated heterocycles. The molecule has 7 heteroatoms. The van der Waals surface area contributed by atoms with Gasteiger partial charge in [0, 0.05) is 6.08 Å². The highest BCUT2D eigenvalue weighted by molar-refractivity contribution is 5.88. The molecule has 0 bridgehead atoms. The van der Waals surface area contributed by atoms with Crippen LogP contribution < -0.4 is 20.7 Å². The number of hydrogen-bond acceptors (Lipinski definition) is 5. The van der Waals surface area contributed by atoms with Crippen molar-refractivity contribution in [1.29, 1.82) is 0 Å². The molecule has 0 spiro atoms. The predicted molar refractivity (Wildman–Crippen MR) is 114 cm³/mol. The van der Waals surface area contributed by atoms with Crippen LogP contribution in [0.25, 0.3) is 6.08 Å². The summed E-state index contributed by atoms with van der Waals surface area (Å²) in [5, 5.41) is 0. The van der Waals surface area contributed by atoms with Gasteiger partial charge in [-0.2, -0.15) is 0 Å². The first-order valence-electron chi connectivity index (χ1n) is 9.43. The molecule has 2 N–H and O–H groups in total. The van der Waals surface area contributed by atoms with Crippen LogP contribution in [0.2, 0.25) is 0 Å². The summed E-state index contributed by atoms with van der Waals surface area (Å²) >= 11 is 0. The lowest BCUT2D eigenvalue weighted by molar-refractivity contribution is -0.128. The van der Waals surface area contributed by atoms with Crippen molar-refractivity contribution in [3.05, 3.63) is 92.1 Å². The molecule has 0 aliphatic carbocycles. The molecule has 0 radical (unpaired) electrons. The quantitative estimate of drug-likeness (QED) is 0.367. The number of aromatic nitrogens is 2. The summed E-state index contributed by atoms with van der Waals surface area (Å²) in [7, 11) is 0. The summed E-state index contributed by atoms with van der Waals surface area (Å²) in [6.45, 7) is 5.51. The number of esters is 1. The molecule has 0 aliphatic heterocycles. The molecule has 0 amide bonds. The van der Waals surface area contributed by atoms with E-state index in [1.165, 1.54) is 6.08 Å². The average molecular weight is 406 g/mol. The third kappa shape index (κ3) is 5.14. The van der Waals surface area contributed by atoms with Crippen LogP contribution >= 0.6 is 0 Å². The van der Waals surface area contributed by atoms with E-state index in [0.29, 0.717) is 17.1 Å². The van der Waals surface area contributed by atoms with Crippen LogP contribution in [0.3, 0.4) is 0 Å². The molecule has 0 saturated carbocycles. The highest BCUT2D eigenvalue weighted by atomic mass is 16.5. The number of hydrogen-bond donors (Lipinski definition) is 2. The SMILES string of the molecule is Cc1cc(/C=C/C(=O)Oc2ccccc2)ccc1Oc1[nH]c(=O)[nH]c(=O)c1C(C)C. The summed E-state index contributed by atoms with van der Waals surface area (Å²) in [4.78, 5) is 40.5. The predicted octanol–water partition coefficient (Wildman–Crippen LogP) is 3.91. The zero-order chi connectivity index (χ0) is 21.7. The molecule has 7 nitrogen and oxygen atoms in total. The third-order valence-electron chi connectivity index (χ3n) is 4.31. The van der Waals surface area contributed by atoms with E-state index in [2.05, 4.69) is 9.97 Å². The van der Waals surface area contributed by atoms with Crippen molar-refractivity contribution in [2.75, 3.05) is 0 Å². The molecule has 30 heavy (non-hydrogen) atoms. The van der Waals surface area contributed by atoms with Crippen molar-refractivity contribution in [1.82, 2.24) is 9.97 Å². The van der Waals surface area contributed by atoms with E-state index < -0.39 is 17.2 Å². The van der Waals surface area contributed by atoms with Crippen molar-refractivity contribution >= 4 is 12.0 Å². The number of rotatable bonds is 6. The fourth-order valence-electron chi connectivity index (χ4n) is 2.88. The van der Waals surface area contributed by atoms with Gasteiger partial charge >= 0.3 is 11.7 Å². The maximum atomic E-state index is 12.1. The fraction of sp³-hybridized carbons (Fsp3) is 0.174. The van der Waals surface area contributed by atoms with E-state index in [9.17, 15) is 14.4 Å². The number of nitrogens with one attached hydrogen (secondary N) is 2. The number of carbonyl (C=O) groups is 1. The van der Waals surface area contributed by atoms with E-state index >= 15 is 0 Å². The molecule has 0 fully saturated rings. The Bertz CT molecular complexity index is 1190. The smallest absolute Gasteiger partial charge is 0.336 e. The normalized spacial score (nSPS) is 11.1. The van der Waals surface area contributed by atoms with Crippen molar-refractivity contribution in [3.8, 4) is 17.4 Å². The van der Waals surface area contributed by atoms with Crippen LogP contribution in [0.15, 0.2) is 64.2 Å². The molecular formula is C23H22N2O5. The molecule has 0 atom stereocenters. The first-order valence-corrected chi connectivity index (χ1v) is 9.43. The Hall–Kier alpha value is -3.87. The third-order valence-corrected chi connectivity index (χ3v) is 4.31. The Labute approximate surface area is 173 Å². The van der Waals surface area contributed by atoms with Gasteiger partial charge < -0.3 is 9.47 Å². The maximum absolute atomic E-state index is 12.1. The Morgan fingerprint density at radius 3 is 2.43 bits per heavy atom. The van der Waals surface area contributed by atoms with Gasteiger partial charge in [0.05, 0.1) is 5.56 Å². The van der Waals surface area contributed by atoms with Crippen LogP contribution in [0.1, 0.15) is 36.5 Å². The van der Waals surface area contributed by atoms with Gasteiger partial charge in [0.1, 0.15) is 11.5 Å². The Morgan fingerprint density at radius 2 is 1.77 bits per heavy atom. The molecular weight excluding hydrogens is 384 g/mol. The number of para-hydroxylation sites is 1. The van der Waals surface area contributed by atoms with Gasteiger partial charge in [-0.25, -0.2) is 9.59 Å². The largest absolute Gasteiger partial charge is 0.440 e. The minimum Gasteiger partial charge on any atom is -0.440 e. The zero-order valence-electron chi connectivity index (χ0n) is 16.9. The zero-order valence-corrected chi connectivity index (χ0v) is 16.9. The number of ether oxygens (including phenoxy) is 2. The molecule has 154 valence electrons. The molecule has 1 aromatic heterocycles. The van der Waals surface area contributed by atoms with Crippen molar-refractivity contribution in [3.63, 3.8) is 0 Å². The molecule has 0 aliphatic rings. The Morgan fingerprint density at radius 1 is 1.03 bits per heavy atom. The van der Waals surface area contributed by atoms with Crippen molar-refractivity contribution < 1.29 is 14.3 Å². The van der Waals surface area contributed by atoms with Gasteiger partial charge in [0.25, 0.3) is 5.56 Å². The van der Waals surface area contributed by atoms with Gasteiger partial charge in [-0.1, -0.05) is 38.1 Å². The second kappa shape index (κ2) is 9.09. The van der Waals surface area contributed by atoms with Crippen molar-refractivity contribution in [2.24, 2.45) is 0 Å². The number of benzene rings is 2. The van der Waals surface area contributed by atoms with E-state index in [1.807, 2.05) is 32.9 Å². The second-order valence-electron chi connectivity index (χ2n) is 7.00. The molecule has 3 aromatic rings. The number of H-pyrrole nitrogens is 2. The first kappa shape index (κ1) is 20.9. The second-order valence-corrected chi connectivity index (χ2v) is 7.00. The lowest BCUT2D eigenvalue weighted by atomic mass is 10.1. The van der Waals surface area contributed by atoms with Crippen molar-refractivity contribution in [2.45, 2.75) is 26.7 Å². The topological polar surface area (TPSA) is 101 Å². The average Bonchev–Trinajstić information content (AvgIpc) is 2.68. The van der Waals surface area contributed by atoms with Gasteiger partial charge in [0.15, 0.2) is 0 Å². The van der Waals surface area contributed by atoms with Gasteiger partial charge in [-0.05, 0) is 54.3 Å². The highest BCUT2D eigenvalue weighted by Gasteiger charge is 2.16. The van der Waals surface area contributed by atoms with E-state index in [-0.39, 0.29) is 11.8 Å². The first-order chi connectivity index (χ1) is 14.3. The standard InChI is InChI=1S/C23H22N2O5/c1-14(2)20-21(27)24-23(28)25-22(20)30-18-11-9-16(13-15(18)3)10-12-19(26)29-17-7-5-4-6-8-17/h4-14H,1-3H3,(H2,24,25,27,28)/b12-10+. The number of carbonyl (C=O) groups excluding carboxylic acids is 1. The lowest BCUT2D eigenvalue weighted by Gasteiger charge is -2.13. The van der Waals surface area contributed by atoms with E-state index in [4.69, 9.17) is 9.47 Å². The van der Waals surface area contributed by atoms with Crippen LogP contribution in [0.5, 0.6) is 17.4 Å². The molecule has 3 rings (SSSR count). The van der Waals surface area contributed by atoms with Gasteiger partial charge in [0.2, 0.25) is 5.88 Å². The number of aromatic amines is 2. The molecule has 2 aromatic carbocycles. The monoisotopic (exact) mass is 406 g/mol. The van der Waals surface area contributed by atoms with Gasteiger partial charge in [-0.15, -0.1) is 0 Å². The van der Waals surface area contributed by atoms with E-state index in [0.717, 1.165) is 11.1 Å². The minimum atomic E-state index is -0.631. The summed E-state index contributed by atoms with van der Waals surface area (Å²) in [5.41, 5.74) is 0.797. The number of aryl methyl sites for hydroxylation is 1. The summed E-state index contributed by atoms with van der Waals surface area (Å²) in [6.07, 6.45) is 2.98. The Kier molecular flexibility index (Phi) is 6.32. The lowest BCUT2D eigenvalue weighted by Crippen LogP contribution is -2.26. The van der Waals surface area contributed by atoms with E-state index in [1.54, 1.807) is 42.5 Å². The minimum absolute atomic E-state index is 0.122. The van der Waals surface area contributed by atoms with Crippen LogP contribution in [0.4, 0.5) is 0 Å². The van der Waals surface area contributed by atoms with Crippen LogP contribution in [-0.2, 0) is 4.79 Å². The fourth-order valence-corrected chi connectivity index (χ4v) is 2.88. The Balaban J connectivity index is 1.77. The molecule has 0 unspecified atom stereocenters.